The minimum atomic E-state index is -4.44. The maximum atomic E-state index is 12.7. The summed E-state index contributed by atoms with van der Waals surface area (Å²) in [7, 11) is 0. The molecular formula is C19H11F3N4O2S2. The second-order valence-corrected chi connectivity index (χ2v) is 7.67. The summed E-state index contributed by atoms with van der Waals surface area (Å²) >= 11 is 0.888. The van der Waals surface area contributed by atoms with Crippen LogP contribution in [0.5, 0.6) is 0 Å². The molecular weight excluding hydrogens is 437 g/mol. The molecule has 0 aliphatic rings. The highest BCUT2D eigenvalue weighted by atomic mass is 32.2. The maximum absolute atomic E-state index is 12.7. The topological polar surface area (TPSA) is 91.8 Å². The summed E-state index contributed by atoms with van der Waals surface area (Å²) in [4.78, 5) is 14.7. The predicted octanol–water partition coefficient (Wildman–Crippen LogP) is 6.31. The van der Waals surface area contributed by atoms with E-state index in [-0.39, 0.29) is 33.6 Å². The minimum absolute atomic E-state index is 0.0324. The molecule has 2 aromatic carbocycles. The zero-order chi connectivity index (χ0) is 21.7. The molecule has 0 fully saturated rings. The number of nitro groups is 1. The average Bonchev–Trinajstić information content (AvgIpc) is 3.19. The van der Waals surface area contributed by atoms with Gasteiger partial charge in [-0.25, -0.2) is 4.98 Å². The van der Waals surface area contributed by atoms with E-state index in [1.807, 2.05) is 6.07 Å². The van der Waals surface area contributed by atoms with E-state index >= 15 is 0 Å². The fraction of sp³-hybridized carbons (Fsp3) is 0.0526. The first-order valence-electron chi connectivity index (χ1n) is 8.19. The Morgan fingerprint density at radius 3 is 2.73 bits per heavy atom. The fourth-order valence-corrected chi connectivity index (χ4v) is 3.83. The van der Waals surface area contributed by atoms with Gasteiger partial charge in [0.15, 0.2) is 0 Å². The van der Waals surface area contributed by atoms with E-state index in [4.69, 9.17) is 0 Å². The van der Waals surface area contributed by atoms with Crippen LogP contribution in [-0.2, 0) is 0 Å². The van der Waals surface area contributed by atoms with Gasteiger partial charge in [0.25, 0.3) is 5.69 Å². The zero-order valence-corrected chi connectivity index (χ0v) is 16.5. The van der Waals surface area contributed by atoms with Crippen LogP contribution < -0.4 is 5.32 Å². The number of halogens is 3. The monoisotopic (exact) mass is 448 g/mol. The fourth-order valence-electron chi connectivity index (χ4n) is 2.40. The van der Waals surface area contributed by atoms with Crippen LogP contribution in [0.25, 0.3) is 16.8 Å². The minimum Gasteiger partial charge on any atom is -0.359 e. The van der Waals surface area contributed by atoms with Crippen molar-refractivity contribution in [3.63, 3.8) is 0 Å². The maximum Gasteiger partial charge on any atom is 0.446 e. The van der Waals surface area contributed by atoms with Gasteiger partial charge in [0.1, 0.15) is 16.6 Å². The summed E-state index contributed by atoms with van der Waals surface area (Å²) in [5, 5.41) is 25.1. The number of aromatic nitrogens is 1. The number of para-hydroxylation sites is 1. The van der Waals surface area contributed by atoms with Gasteiger partial charge in [0.2, 0.25) is 0 Å². The number of nitriles is 1. The van der Waals surface area contributed by atoms with Gasteiger partial charge in [0.05, 0.1) is 16.3 Å². The van der Waals surface area contributed by atoms with Gasteiger partial charge in [-0.2, -0.15) is 18.4 Å². The van der Waals surface area contributed by atoms with Crippen molar-refractivity contribution >= 4 is 40.0 Å². The van der Waals surface area contributed by atoms with E-state index in [0.29, 0.717) is 16.3 Å². The van der Waals surface area contributed by atoms with Crippen LogP contribution >= 0.6 is 23.1 Å². The molecule has 0 saturated carbocycles. The Kier molecular flexibility index (Phi) is 6.39. The number of rotatable bonds is 6. The number of alkyl halides is 3. The molecule has 0 aliphatic carbocycles. The van der Waals surface area contributed by atoms with Crippen molar-refractivity contribution < 1.29 is 18.1 Å². The molecule has 1 heterocycles. The summed E-state index contributed by atoms with van der Waals surface area (Å²) < 4.78 is 38.1. The van der Waals surface area contributed by atoms with Crippen molar-refractivity contribution in [1.82, 2.24) is 4.98 Å². The number of hydrogen-bond acceptors (Lipinski definition) is 7. The average molecular weight is 448 g/mol. The summed E-state index contributed by atoms with van der Waals surface area (Å²) in [6, 6.07) is 13.7. The predicted molar refractivity (Wildman–Crippen MR) is 110 cm³/mol. The van der Waals surface area contributed by atoms with Crippen molar-refractivity contribution in [2.24, 2.45) is 0 Å². The molecule has 0 bridgehead atoms. The number of anilines is 1. The van der Waals surface area contributed by atoms with Crippen LogP contribution in [0.3, 0.4) is 0 Å². The van der Waals surface area contributed by atoms with Gasteiger partial charge in [0, 0.05) is 34.2 Å². The van der Waals surface area contributed by atoms with Crippen molar-refractivity contribution in [2.75, 3.05) is 5.32 Å². The molecule has 3 aromatic rings. The highest BCUT2D eigenvalue weighted by Crippen LogP contribution is 2.40. The number of thiazole rings is 1. The number of nitro benzene ring substituents is 1. The van der Waals surface area contributed by atoms with Crippen LogP contribution in [0.15, 0.2) is 65.0 Å². The Balaban J connectivity index is 1.85. The summed E-state index contributed by atoms with van der Waals surface area (Å²) in [6.07, 6.45) is 1.28. The summed E-state index contributed by atoms with van der Waals surface area (Å²) in [6.45, 7) is 0. The largest absolute Gasteiger partial charge is 0.446 e. The molecule has 0 atom stereocenters. The first kappa shape index (κ1) is 21.4. The van der Waals surface area contributed by atoms with Crippen molar-refractivity contribution in [1.29, 1.82) is 5.26 Å². The highest BCUT2D eigenvalue weighted by Gasteiger charge is 2.30. The van der Waals surface area contributed by atoms with Crippen LogP contribution in [0.4, 0.5) is 24.5 Å². The Bertz CT molecular complexity index is 1150. The molecule has 3 rings (SSSR count). The smallest absolute Gasteiger partial charge is 0.359 e. The van der Waals surface area contributed by atoms with Gasteiger partial charge in [-0.1, -0.05) is 24.3 Å². The van der Waals surface area contributed by atoms with Crippen molar-refractivity contribution in [3.05, 3.63) is 75.2 Å². The van der Waals surface area contributed by atoms with Crippen LogP contribution in [-0.4, -0.2) is 15.4 Å². The number of nitrogens with one attached hydrogen (secondary N) is 1. The number of hydrogen-bond donors (Lipinski definition) is 1. The molecule has 0 unspecified atom stereocenters. The molecule has 0 radical (unpaired) electrons. The van der Waals surface area contributed by atoms with Gasteiger partial charge < -0.3 is 5.32 Å². The quantitative estimate of drug-likeness (QED) is 0.206. The SMILES string of the molecule is N#CC(=CNc1ccccc1SC(F)(F)F)c1nc(-c2cccc([N+](=O)[O-])c2)cs1. The molecule has 0 spiro atoms. The van der Waals surface area contributed by atoms with Gasteiger partial charge in [-0.15, -0.1) is 11.3 Å². The molecule has 1 aromatic heterocycles. The lowest BCUT2D eigenvalue weighted by Gasteiger charge is -2.10. The third kappa shape index (κ3) is 5.37. The molecule has 30 heavy (non-hydrogen) atoms. The standard InChI is InChI=1S/C19H11F3N4O2S2/c20-19(21,22)30-17-7-2-1-6-15(17)24-10-13(9-23)18-25-16(11-29-18)12-4-3-5-14(8-12)26(27)28/h1-8,10-11,24H. The second kappa shape index (κ2) is 8.98. The van der Waals surface area contributed by atoms with Crippen LogP contribution in [0, 0.1) is 21.4 Å². The van der Waals surface area contributed by atoms with Gasteiger partial charge >= 0.3 is 5.51 Å². The molecule has 1 N–H and O–H groups in total. The number of thioether (sulfide) groups is 1. The van der Waals surface area contributed by atoms with E-state index < -0.39 is 10.4 Å². The Morgan fingerprint density at radius 1 is 1.27 bits per heavy atom. The Labute approximate surface area is 176 Å². The molecule has 0 aliphatic heterocycles. The Morgan fingerprint density at radius 2 is 2.03 bits per heavy atom. The van der Waals surface area contributed by atoms with Gasteiger partial charge in [-0.3, -0.25) is 10.1 Å². The van der Waals surface area contributed by atoms with E-state index in [1.165, 1.54) is 42.6 Å². The molecule has 0 amide bonds. The van der Waals surface area contributed by atoms with E-state index in [9.17, 15) is 28.5 Å². The normalized spacial score (nSPS) is 11.7. The number of non-ortho nitro benzene ring substituents is 1. The first-order chi connectivity index (χ1) is 14.3. The zero-order valence-electron chi connectivity index (χ0n) is 14.9. The highest BCUT2D eigenvalue weighted by molar-refractivity contribution is 8.00. The number of nitrogens with zero attached hydrogens (tertiary/aromatic N) is 3. The Hall–Kier alpha value is -3.36. The summed E-state index contributed by atoms with van der Waals surface area (Å²) in [5.41, 5.74) is -3.25. The second-order valence-electron chi connectivity index (χ2n) is 5.70. The van der Waals surface area contributed by atoms with Crippen molar-refractivity contribution in [3.8, 4) is 17.3 Å². The first-order valence-corrected chi connectivity index (χ1v) is 9.89. The summed E-state index contributed by atoms with van der Waals surface area (Å²) in [5.74, 6) is 0. The van der Waals surface area contributed by atoms with Crippen molar-refractivity contribution in [2.45, 2.75) is 10.4 Å². The molecule has 11 heteroatoms. The third-order valence-corrected chi connectivity index (χ3v) is 5.38. The molecule has 152 valence electrons. The molecule has 0 saturated heterocycles. The van der Waals surface area contributed by atoms with E-state index in [1.54, 1.807) is 17.5 Å². The van der Waals surface area contributed by atoms with E-state index in [0.717, 1.165) is 11.3 Å². The van der Waals surface area contributed by atoms with Crippen LogP contribution in [0.2, 0.25) is 0 Å². The number of allylic oxidation sites excluding steroid dienone is 1. The third-order valence-electron chi connectivity index (χ3n) is 3.69. The lowest BCUT2D eigenvalue weighted by molar-refractivity contribution is -0.384. The van der Waals surface area contributed by atoms with Crippen LogP contribution in [0.1, 0.15) is 5.01 Å². The van der Waals surface area contributed by atoms with Gasteiger partial charge in [-0.05, 0) is 23.9 Å². The number of benzene rings is 2. The molecule has 6 nitrogen and oxygen atoms in total. The lowest BCUT2D eigenvalue weighted by atomic mass is 10.1. The van der Waals surface area contributed by atoms with E-state index in [2.05, 4.69) is 10.3 Å². The lowest BCUT2D eigenvalue weighted by Crippen LogP contribution is -2.01.